The lowest BCUT2D eigenvalue weighted by atomic mass is 10.4. The van der Waals surface area contributed by atoms with Crippen LogP contribution in [-0.2, 0) is 23.6 Å². The van der Waals surface area contributed by atoms with Crippen molar-refractivity contribution in [1.29, 1.82) is 0 Å². The average molecular weight is 310 g/mol. The Morgan fingerprint density at radius 3 is 2.57 bits per heavy atom. The van der Waals surface area contributed by atoms with Gasteiger partial charge in [0.15, 0.2) is 0 Å². The fraction of sp³-hybridized carbons (Fsp3) is 0.417. The van der Waals surface area contributed by atoms with Gasteiger partial charge in [-0.25, -0.2) is 23.1 Å². The summed E-state index contributed by atoms with van der Waals surface area (Å²) < 4.78 is 28.3. The molecule has 0 aromatic carbocycles. The van der Waals surface area contributed by atoms with Gasteiger partial charge in [-0.15, -0.1) is 0 Å². The summed E-state index contributed by atoms with van der Waals surface area (Å²) in [4.78, 5) is 7.99. The summed E-state index contributed by atoms with van der Waals surface area (Å²) in [5, 5.41) is 7.09. The van der Waals surface area contributed by atoms with E-state index in [0.717, 1.165) is 13.0 Å². The number of aryl methyl sites for hydroxylation is 1. The van der Waals surface area contributed by atoms with Crippen LogP contribution in [-0.4, -0.2) is 34.7 Å². The van der Waals surface area contributed by atoms with E-state index >= 15 is 0 Å². The van der Waals surface area contributed by atoms with Crippen LogP contribution in [0.2, 0.25) is 0 Å². The number of rotatable bonds is 7. The van der Waals surface area contributed by atoms with Crippen LogP contribution in [0.3, 0.4) is 0 Å². The van der Waals surface area contributed by atoms with Gasteiger partial charge in [-0.3, -0.25) is 4.68 Å². The molecule has 21 heavy (non-hydrogen) atoms. The van der Waals surface area contributed by atoms with Crippen LogP contribution >= 0.6 is 0 Å². The van der Waals surface area contributed by atoms with Crippen molar-refractivity contribution < 1.29 is 8.42 Å². The van der Waals surface area contributed by atoms with Gasteiger partial charge in [0.1, 0.15) is 4.90 Å². The molecule has 0 amide bonds. The molecule has 0 bridgehead atoms. The highest BCUT2D eigenvalue weighted by molar-refractivity contribution is 7.89. The maximum Gasteiger partial charge on any atom is 0.244 e. The van der Waals surface area contributed by atoms with Gasteiger partial charge in [-0.2, -0.15) is 5.10 Å². The van der Waals surface area contributed by atoms with Crippen molar-refractivity contribution in [3.05, 3.63) is 30.4 Å². The van der Waals surface area contributed by atoms with Gasteiger partial charge in [-0.05, 0) is 12.5 Å². The number of aromatic nitrogens is 4. The minimum Gasteiger partial charge on any atom is -0.354 e. The third-order valence-electron chi connectivity index (χ3n) is 2.68. The van der Waals surface area contributed by atoms with E-state index in [2.05, 4.69) is 25.1 Å². The molecule has 0 saturated heterocycles. The summed E-state index contributed by atoms with van der Waals surface area (Å²) in [6, 6.07) is 1.75. The first-order valence-electron chi connectivity index (χ1n) is 6.55. The molecule has 0 aliphatic carbocycles. The number of nitrogens with zero attached hydrogens (tertiary/aromatic N) is 4. The van der Waals surface area contributed by atoms with E-state index in [1.807, 2.05) is 6.92 Å². The number of nitrogens with one attached hydrogen (secondary N) is 2. The summed E-state index contributed by atoms with van der Waals surface area (Å²) in [5.74, 6) is 0.417. The summed E-state index contributed by atoms with van der Waals surface area (Å²) in [6.07, 6.45) is 5.26. The molecule has 0 spiro atoms. The van der Waals surface area contributed by atoms with Crippen LogP contribution < -0.4 is 10.0 Å². The molecule has 0 saturated carbocycles. The Hall–Kier alpha value is -2.00. The highest BCUT2D eigenvalue weighted by Crippen LogP contribution is 2.08. The minimum atomic E-state index is -3.64. The lowest BCUT2D eigenvalue weighted by Crippen LogP contribution is -2.24. The Bertz CT molecular complexity index is 680. The second kappa shape index (κ2) is 6.64. The molecule has 0 atom stereocenters. The Kier molecular flexibility index (Phi) is 4.86. The van der Waals surface area contributed by atoms with Gasteiger partial charge < -0.3 is 5.32 Å². The third-order valence-corrected chi connectivity index (χ3v) is 4.04. The number of hydrogen-bond acceptors (Lipinski definition) is 6. The molecule has 2 N–H and O–H groups in total. The van der Waals surface area contributed by atoms with E-state index in [9.17, 15) is 8.42 Å². The Morgan fingerprint density at radius 1 is 1.29 bits per heavy atom. The summed E-state index contributed by atoms with van der Waals surface area (Å²) in [6.45, 7) is 2.89. The van der Waals surface area contributed by atoms with Crippen LogP contribution in [0.25, 0.3) is 0 Å². The van der Waals surface area contributed by atoms with Crippen molar-refractivity contribution in [1.82, 2.24) is 24.5 Å². The van der Waals surface area contributed by atoms with Crippen LogP contribution in [0.5, 0.6) is 0 Å². The lowest BCUT2D eigenvalue weighted by molar-refractivity contribution is 0.578. The van der Waals surface area contributed by atoms with E-state index in [1.54, 1.807) is 24.0 Å². The predicted molar refractivity (Wildman–Crippen MR) is 78.0 cm³/mol. The van der Waals surface area contributed by atoms with Crippen molar-refractivity contribution in [3.63, 3.8) is 0 Å². The monoisotopic (exact) mass is 310 g/mol. The average Bonchev–Trinajstić information content (AvgIpc) is 2.89. The zero-order valence-electron chi connectivity index (χ0n) is 11.9. The first-order valence-corrected chi connectivity index (χ1v) is 8.03. The van der Waals surface area contributed by atoms with Crippen molar-refractivity contribution in [2.24, 2.45) is 7.05 Å². The molecule has 2 aromatic heterocycles. The van der Waals surface area contributed by atoms with Gasteiger partial charge in [0.2, 0.25) is 16.0 Å². The van der Waals surface area contributed by atoms with Gasteiger partial charge >= 0.3 is 0 Å². The first-order chi connectivity index (χ1) is 10.0. The van der Waals surface area contributed by atoms with E-state index in [1.165, 1.54) is 12.4 Å². The molecule has 0 unspecified atom stereocenters. The molecule has 2 heterocycles. The van der Waals surface area contributed by atoms with Crippen LogP contribution in [0.4, 0.5) is 5.95 Å². The zero-order chi connectivity index (χ0) is 15.3. The molecule has 114 valence electrons. The van der Waals surface area contributed by atoms with Crippen molar-refractivity contribution in [2.45, 2.75) is 24.8 Å². The maximum absolute atomic E-state index is 12.1. The van der Waals surface area contributed by atoms with Crippen molar-refractivity contribution >= 4 is 16.0 Å². The molecule has 0 aliphatic rings. The van der Waals surface area contributed by atoms with Crippen LogP contribution in [0.15, 0.2) is 29.6 Å². The fourth-order valence-corrected chi connectivity index (χ4v) is 2.48. The third kappa shape index (κ3) is 4.23. The second-order valence-corrected chi connectivity index (χ2v) is 6.24. The molecule has 8 nitrogen and oxygen atoms in total. The first kappa shape index (κ1) is 15.4. The number of hydrogen-bond donors (Lipinski definition) is 2. The maximum atomic E-state index is 12.1. The molecule has 2 aromatic rings. The largest absolute Gasteiger partial charge is 0.354 e. The molecule has 9 heteroatoms. The summed E-state index contributed by atoms with van der Waals surface area (Å²) in [7, 11) is -1.87. The highest BCUT2D eigenvalue weighted by Gasteiger charge is 2.15. The SMILES string of the molecule is CCCNc1ncc(S(=O)(=O)NCc2ccn(C)n2)cn1. The van der Waals surface area contributed by atoms with E-state index < -0.39 is 10.0 Å². The van der Waals surface area contributed by atoms with Gasteiger partial charge in [0, 0.05) is 19.8 Å². The standard InChI is InChI=1S/C12H18N6O2S/c1-3-5-13-12-14-8-11(9-15-12)21(19,20)16-7-10-4-6-18(2)17-10/h4,6,8-9,16H,3,5,7H2,1-2H3,(H,13,14,15). The topological polar surface area (TPSA) is 102 Å². The molecule has 0 aliphatic heterocycles. The summed E-state index contributed by atoms with van der Waals surface area (Å²) in [5.41, 5.74) is 0.642. The van der Waals surface area contributed by atoms with Crippen molar-refractivity contribution in [3.8, 4) is 0 Å². The molecular weight excluding hydrogens is 292 g/mol. The Balaban J connectivity index is 2.01. The Morgan fingerprint density at radius 2 is 2.00 bits per heavy atom. The predicted octanol–water partition coefficient (Wildman–Crippen LogP) is 0.510. The molecule has 0 fully saturated rings. The van der Waals surface area contributed by atoms with E-state index in [0.29, 0.717) is 11.6 Å². The highest BCUT2D eigenvalue weighted by atomic mass is 32.2. The minimum absolute atomic E-state index is 0.0282. The lowest BCUT2D eigenvalue weighted by Gasteiger charge is -2.06. The number of sulfonamides is 1. The van der Waals surface area contributed by atoms with E-state index in [4.69, 9.17) is 0 Å². The summed E-state index contributed by atoms with van der Waals surface area (Å²) >= 11 is 0. The normalized spacial score (nSPS) is 11.5. The fourth-order valence-electron chi connectivity index (χ4n) is 1.59. The number of anilines is 1. The molecule has 2 rings (SSSR count). The van der Waals surface area contributed by atoms with Crippen LogP contribution in [0, 0.1) is 0 Å². The van der Waals surface area contributed by atoms with Crippen LogP contribution in [0.1, 0.15) is 19.0 Å². The molecule has 0 radical (unpaired) electrons. The van der Waals surface area contributed by atoms with Gasteiger partial charge in [0.25, 0.3) is 0 Å². The smallest absolute Gasteiger partial charge is 0.244 e. The Labute approximate surface area is 123 Å². The molecular formula is C12H18N6O2S. The van der Waals surface area contributed by atoms with Gasteiger partial charge in [0.05, 0.1) is 24.6 Å². The van der Waals surface area contributed by atoms with E-state index in [-0.39, 0.29) is 11.4 Å². The quantitative estimate of drug-likeness (QED) is 0.772. The second-order valence-electron chi connectivity index (χ2n) is 4.47. The van der Waals surface area contributed by atoms with Crippen molar-refractivity contribution in [2.75, 3.05) is 11.9 Å². The van der Waals surface area contributed by atoms with Gasteiger partial charge in [-0.1, -0.05) is 6.92 Å². The zero-order valence-corrected chi connectivity index (χ0v) is 12.8.